The van der Waals surface area contributed by atoms with E-state index in [2.05, 4.69) is 54.4 Å². The van der Waals surface area contributed by atoms with Crippen molar-refractivity contribution in [3.63, 3.8) is 0 Å². The second-order valence-electron chi connectivity index (χ2n) is 6.60. The zero-order valence-corrected chi connectivity index (χ0v) is 14.1. The first-order valence-electron chi connectivity index (χ1n) is 8.73. The molecule has 1 fully saturated rings. The quantitative estimate of drug-likeness (QED) is 0.838. The molecule has 1 aliphatic rings. The van der Waals surface area contributed by atoms with Gasteiger partial charge in [-0.25, -0.2) is 0 Å². The van der Waals surface area contributed by atoms with Crippen molar-refractivity contribution in [2.24, 2.45) is 5.92 Å². The Morgan fingerprint density at radius 1 is 1.27 bits per heavy atom. The van der Waals surface area contributed by atoms with E-state index in [1.54, 1.807) is 0 Å². The predicted octanol–water partition coefficient (Wildman–Crippen LogP) is 3.25. The lowest BCUT2D eigenvalue weighted by Gasteiger charge is -2.32. The van der Waals surface area contributed by atoms with Gasteiger partial charge in [0, 0.05) is 19.0 Å². The van der Waals surface area contributed by atoms with Crippen LogP contribution in [0.2, 0.25) is 0 Å². The summed E-state index contributed by atoms with van der Waals surface area (Å²) in [5.74, 6) is 0.994. The molecule has 3 heteroatoms. The minimum Gasteiger partial charge on any atom is -0.354 e. The summed E-state index contributed by atoms with van der Waals surface area (Å²) in [7, 11) is 0. The number of piperidine rings is 1. The van der Waals surface area contributed by atoms with Crippen LogP contribution in [0, 0.1) is 5.92 Å². The third kappa shape index (κ3) is 5.80. The van der Waals surface area contributed by atoms with Gasteiger partial charge in [-0.3, -0.25) is 4.79 Å². The van der Waals surface area contributed by atoms with Gasteiger partial charge in [0.1, 0.15) is 0 Å². The number of rotatable bonds is 7. The standard InChI is InChI=1S/C19H30N2O/c1-3-16(2)20-19(22)11-14-21-12-9-18(10-13-21)15-17-7-5-4-6-8-17/h4-8,16,18H,3,9-15H2,1-2H3,(H,20,22). The van der Waals surface area contributed by atoms with Crippen LogP contribution in [-0.2, 0) is 11.2 Å². The highest BCUT2D eigenvalue weighted by Gasteiger charge is 2.19. The van der Waals surface area contributed by atoms with E-state index >= 15 is 0 Å². The van der Waals surface area contributed by atoms with Crippen LogP contribution in [0.4, 0.5) is 0 Å². The summed E-state index contributed by atoms with van der Waals surface area (Å²) < 4.78 is 0. The molecule has 1 aromatic rings. The fourth-order valence-corrected chi connectivity index (χ4v) is 3.07. The van der Waals surface area contributed by atoms with Gasteiger partial charge < -0.3 is 10.2 Å². The number of benzene rings is 1. The van der Waals surface area contributed by atoms with Crippen molar-refractivity contribution in [3.05, 3.63) is 35.9 Å². The molecule has 1 unspecified atom stereocenters. The highest BCUT2D eigenvalue weighted by molar-refractivity contribution is 5.76. The maximum Gasteiger partial charge on any atom is 0.221 e. The Bertz CT molecular complexity index is 438. The van der Waals surface area contributed by atoms with Crippen LogP contribution in [0.5, 0.6) is 0 Å². The molecule has 3 nitrogen and oxygen atoms in total. The molecular weight excluding hydrogens is 272 g/mol. The second kappa shape index (κ2) is 8.94. The number of carbonyl (C=O) groups is 1. The second-order valence-corrected chi connectivity index (χ2v) is 6.60. The van der Waals surface area contributed by atoms with Crippen LogP contribution >= 0.6 is 0 Å². The van der Waals surface area contributed by atoms with E-state index in [1.165, 1.54) is 24.8 Å². The number of nitrogens with zero attached hydrogens (tertiary/aromatic N) is 1. The van der Waals surface area contributed by atoms with Crippen molar-refractivity contribution < 1.29 is 4.79 Å². The van der Waals surface area contributed by atoms with Crippen LogP contribution in [0.3, 0.4) is 0 Å². The van der Waals surface area contributed by atoms with Gasteiger partial charge in [-0.2, -0.15) is 0 Å². The van der Waals surface area contributed by atoms with E-state index in [9.17, 15) is 4.79 Å². The summed E-state index contributed by atoms with van der Waals surface area (Å²) in [5, 5.41) is 3.04. The van der Waals surface area contributed by atoms with Crippen molar-refractivity contribution in [2.75, 3.05) is 19.6 Å². The molecule has 22 heavy (non-hydrogen) atoms. The molecule has 122 valence electrons. The summed E-state index contributed by atoms with van der Waals surface area (Å²) in [4.78, 5) is 14.3. The molecule has 1 N–H and O–H groups in total. The molecule has 2 rings (SSSR count). The third-order valence-electron chi connectivity index (χ3n) is 4.75. The first-order valence-corrected chi connectivity index (χ1v) is 8.73. The number of nitrogens with one attached hydrogen (secondary N) is 1. The van der Waals surface area contributed by atoms with Gasteiger partial charge >= 0.3 is 0 Å². The molecule has 0 spiro atoms. The van der Waals surface area contributed by atoms with Crippen LogP contribution in [0.15, 0.2) is 30.3 Å². The minimum absolute atomic E-state index is 0.195. The largest absolute Gasteiger partial charge is 0.354 e. The predicted molar refractivity (Wildman–Crippen MR) is 91.8 cm³/mol. The molecule has 1 aliphatic heterocycles. The normalized spacial score (nSPS) is 18.1. The van der Waals surface area contributed by atoms with Crippen LogP contribution in [0.1, 0.15) is 45.1 Å². The maximum absolute atomic E-state index is 11.8. The summed E-state index contributed by atoms with van der Waals surface area (Å²) in [6, 6.07) is 11.1. The van der Waals surface area contributed by atoms with Gasteiger partial charge in [0.15, 0.2) is 0 Å². The molecule has 0 radical (unpaired) electrons. The van der Waals surface area contributed by atoms with Crippen LogP contribution < -0.4 is 5.32 Å². The molecule has 1 atom stereocenters. The van der Waals surface area contributed by atoms with Gasteiger partial charge in [0.05, 0.1) is 0 Å². The summed E-state index contributed by atoms with van der Waals surface area (Å²) in [5.41, 5.74) is 1.45. The van der Waals surface area contributed by atoms with Crippen LogP contribution in [0.25, 0.3) is 0 Å². The highest BCUT2D eigenvalue weighted by atomic mass is 16.1. The molecule has 0 bridgehead atoms. The van der Waals surface area contributed by atoms with E-state index in [0.29, 0.717) is 12.5 Å². The Hall–Kier alpha value is -1.35. The number of hydrogen-bond donors (Lipinski definition) is 1. The molecule has 0 aliphatic carbocycles. The first kappa shape index (κ1) is 17.0. The molecule has 0 aromatic heterocycles. The molecule has 1 aromatic carbocycles. The molecule has 1 heterocycles. The van der Waals surface area contributed by atoms with Gasteiger partial charge in [-0.15, -0.1) is 0 Å². The SMILES string of the molecule is CCC(C)NC(=O)CCN1CCC(Cc2ccccc2)CC1. The van der Waals surface area contributed by atoms with Gasteiger partial charge in [0.25, 0.3) is 0 Å². The number of carbonyl (C=O) groups excluding carboxylic acids is 1. The molecular formula is C19H30N2O. The van der Waals surface area contributed by atoms with Gasteiger partial charge in [-0.05, 0) is 57.2 Å². The van der Waals surface area contributed by atoms with Crippen molar-refractivity contribution in [1.29, 1.82) is 0 Å². The third-order valence-corrected chi connectivity index (χ3v) is 4.75. The zero-order valence-electron chi connectivity index (χ0n) is 14.1. The Balaban J connectivity index is 1.64. The lowest BCUT2D eigenvalue weighted by Crippen LogP contribution is -2.38. The van der Waals surface area contributed by atoms with E-state index in [-0.39, 0.29) is 5.91 Å². The first-order chi connectivity index (χ1) is 10.7. The maximum atomic E-state index is 11.8. The summed E-state index contributed by atoms with van der Waals surface area (Å²) in [6.45, 7) is 7.33. The Morgan fingerprint density at radius 3 is 2.59 bits per heavy atom. The number of likely N-dealkylation sites (tertiary alicyclic amines) is 1. The van der Waals surface area contributed by atoms with E-state index in [0.717, 1.165) is 32.0 Å². The molecule has 1 amide bonds. The smallest absolute Gasteiger partial charge is 0.221 e. The lowest BCUT2D eigenvalue weighted by atomic mass is 9.90. The van der Waals surface area contributed by atoms with E-state index in [4.69, 9.17) is 0 Å². The van der Waals surface area contributed by atoms with Crippen molar-refractivity contribution >= 4 is 5.91 Å². The topological polar surface area (TPSA) is 32.3 Å². The number of hydrogen-bond acceptors (Lipinski definition) is 2. The minimum atomic E-state index is 0.195. The fourth-order valence-electron chi connectivity index (χ4n) is 3.07. The molecule has 0 saturated carbocycles. The average molecular weight is 302 g/mol. The zero-order chi connectivity index (χ0) is 15.8. The highest BCUT2D eigenvalue weighted by Crippen LogP contribution is 2.21. The van der Waals surface area contributed by atoms with E-state index in [1.807, 2.05) is 0 Å². The van der Waals surface area contributed by atoms with Gasteiger partial charge in [0.2, 0.25) is 5.91 Å². The Kier molecular flexibility index (Phi) is 6.91. The van der Waals surface area contributed by atoms with Gasteiger partial charge in [-0.1, -0.05) is 37.3 Å². The van der Waals surface area contributed by atoms with Crippen molar-refractivity contribution in [2.45, 2.75) is 52.0 Å². The summed E-state index contributed by atoms with van der Waals surface area (Å²) in [6.07, 6.45) is 5.33. The summed E-state index contributed by atoms with van der Waals surface area (Å²) >= 11 is 0. The lowest BCUT2D eigenvalue weighted by molar-refractivity contribution is -0.122. The molecule has 1 saturated heterocycles. The van der Waals surface area contributed by atoms with Crippen LogP contribution in [-0.4, -0.2) is 36.5 Å². The average Bonchev–Trinajstić information content (AvgIpc) is 2.55. The number of amides is 1. The van der Waals surface area contributed by atoms with Crippen molar-refractivity contribution in [1.82, 2.24) is 10.2 Å². The fraction of sp³-hybridized carbons (Fsp3) is 0.632. The van der Waals surface area contributed by atoms with Crippen molar-refractivity contribution in [3.8, 4) is 0 Å². The Labute approximate surface area is 135 Å². The monoisotopic (exact) mass is 302 g/mol. The van der Waals surface area contributed by atoms with E-state index < -0.39 is 0 Å². The Morgan fingerprint density at radius 2 is 1.95 bits per heavy atom.